The van der Waals surface area contributed by atoms with Crippen LogP contribution < -0.4 is 10.6 Å². The Balaban J connectivity index is 1.54. The molecule has 6 nitrogen and oxygen atoms in total. The number of hydrogen-bond acceptors (Lipinski definition) is 4. The van der Waals surface area contributed by atoms with Crippen LogP contribution in [0.5, 0.6) is 0 Å². The number of anilines is 2. The van der Waals surface area contributed by atoms with Crippen molar-refractivity contribution in [1.82, 2.24) is 0 Å². The van der Waals surface area contributed by atoms with Crippen molar-refractivity contribution in [3.05, 3.63) is 53.6 Å². The topological polar surface area (TPSA) is 92.3 Å². The van der Waals surface area contributed by atoms with Crippen molar-refractivity contribution in [3.63, 3.8) is 0 Å². The highest BCUT2D eigenvalue weighted by Gasteiger charge is 2.20. The first-order valence-electron chi connectivity index (χ1n) is 9.80. The van der Waals surface area contributed by atoms with Gasteiger partial charge < -0.3 is 10.6 Å². The normalized spacial score (nSPS) is 13.2. The van der Waals surface area contributed by atoms with Crippen LogP contribution in [0.2, 0.25) is 0 Å². The smallest absolute Gasteiger partial charge is 0.226 e. The monoisotopic (exact) mass is 414 g/mol. The van der Waals surface area contributed by atoms with E-state index in [1.807, 2.05) is 6.07 Å². The van der Waals surface area contributed by atoms with Crippen molar-refractivity contribution >= 4 is 33.0 Å². The molecule has 0 bridgehead atoms. The second-order valence-electron chi connectivity index (χ2n) is 7.62. The Hall–Kier alpha value is -2.67. The first kappa shape index (κ1) is 21.0. The summed E-state index contributed by atoms with van der Waals surface area (Å²) in [6, 6.07) is 12.0. The van der Waals surface area contributed by atoms with Crippen molar-refractivity contribution in [3.8, 4) is 0 Å². The zero-order valence-electron chi connectivity index (χ0n) is 16.7. The van der Waals surface area contributed by atoms with Crippen LogP contribution >= 0.6 is 0 Å². The summed E-state index contributed by atoms with van der Waals surface area (Å²) < 4.78 is 25.1. The number of amides is 2. The summed E-state index contributed by atoms with van der Waals surface area (Å²) in [5, 5.41) is 5.47. The van der Waals surface area contributed by atoms with E-state index >= 15 is 0 Å². The number of sulfone groups is 1. The molecule has 154 valence electrons. The number of benzene rings is 2. The summed E-state index contributed by atoms with van der Waals surface area (Å²) >= 11 is 0. The van der Waals surface area contributed by atoms with Crippen LogP contribution in [-0.2, 0) is 32.3 Å². The van der Waals surface area contributed by atoms with Gasteiger partial charge in [-0.25, -0.2) is 8.42 Å². The minimum atomic E-state index is -3.51. The van der Waals surface area contributed by atoms with E-state index in [2.05, 4.69) is 10.6 Å². The van der Waals surface area contributed by atoms with Crippen LogP contribution in [0.4, 0.5) is 11.4 Å². The van der Waals surface area contributed by atoms with E-state index < -0.39 is 9.84 Å². The average Bonchev–Trinajstić information content (AvgIpc) is 3.16. The lowest BCUT2D eigenvalue weighted by Crippen LogP contribution is -2.18. The number of carbonyl (C=O) groups is 2. The Bertz CT molecular complexity index is 1010. The third-order valence-corrected chi connectivity index (χ3v) is 6.70. The van der Waals surface area contributed by atoms with Crippen molar-refractivity contribution < 1.29 is 18.0 Å². The van der Waals surface area contributed by atoms with Gasteiger partial charge in [0.15, 0.2) is 9.84 Å². The van der Waals surface area contributed by atoms with E-state index in [0.29, 0.717) is 11.4 Å². The van der Waals surface area contributed by atoms with E-state index in [-0.39, 0.29) is 34.8 Å². The van der Waals surface area contributed by atoms with Crippen LogP contribution in [0.15, 0.2) is 47.4 Å². The zero-order chi connectivity index (χ0) is 21.0. The first-order chi connectivity index (χ1) is 13.7. The lowest BCUT2D eigenvalue weighted by molar-refractivity contribution is -0.119. The second-order valence-corrected chi connectivity index (χ2v) is 9.73. The molecule has 0 saturated heterocycles. The molecule has 0 fully saturated rings. The molecule has 0 atom stereocenters. The molecule has 1 aliphatic rings. The van der Waals surface area contributed by atoms with E-state index in [0.717, 1.165) is 24.8 Å². The van der Waals surface area contributed by atoms with Gasteiger partial charge in [-0.15, -0.1) is 0 Å². The molecule has 0 saturated carbocycles. The van der Waals surface area contributed by atoms with Crippen molar-refractivity contribution in [2.75, 3.05) is 16.4 Å². The number of nitrogens with one attached hydrogen (secondary N) is 2. The van der Waals surface area contributed by atoms with Gasteiger partial charge >= 0.3 is 0 Å². The molecule has 29 heavy (non-hydrogen) atoms. The molecule has 1 aliphatic carbocycles. The summed E-state index contributed by atoms with van der Waals surface area (Å²) in [7, 11) is -3.51. The number of hydrogen-bond donors (Lipinski definition) is 2. The highest BCUT2D eigenvalue weighted by Crippen LogP contribution is 2.25. The maximum atomic E-state index is 12.6. The van der Waals surface area contributed by atoms with Gasteiger partial charge in [-0.1, -0.05) is 19.9 Å². The number of aryl methyl sites for hydroxylation is 2. The third kappa shape index (κ3) is 5.44. The van der Waals surface area contributed by atoms with Crippen molar-refractivity contribution in [1.29, 1.82) is 0 Å². The van der Waals surface area contributed by atoms with Crippen molar-refractivity contribution in [2.24, 2.45) is 5.92 Å². The third-order valence-electron chi connectivity index (χ3n) is 4.99. The predicted molar refractivity (Wildman–Crippen MR) is 114 cm³/mol. The summed E-state index contributed by atoms with van der Waals surface area (Å²) in [6.07, 6.45) is 2.84. The van der Waals surface area contributed by atoms with Gasteiger partial charge in [-0.3, -0.25) is 9.59 Å². The molecular formula is C22H26N2O4S. The Morgan fingerprint density at radius 3 is 2.21 bits per heavy atom. The van der Waals surface area contributed by atoms with Gasteiger partial charge in [0.2, 0.25) is 11.8 Å². The fraction of sp³-hybridized carbons (Fsp3) is 0.364. The maximum Gasteiger partial charge on any atom is 0.226 e. The van der Waals surface area contributed by atoms with Crippen molar-refractivity contribution in [2.45, 2.75) is 44.4 Å². The summed E-state index contributed by atoms with van der Waals surface area (Å²) in [5.74, 6) is -0.811. The minimum absolute atomic E-state index is 0.0847. The van der Waals surface area contributed by atoms with Gasteiger partial charge in [0, 0.05) is 23.7 Å². The quantitative estimate of drug-likeness (QED) is 0.724. The molecular weight excluding hydrogens is 388 g/mol. The van der Waals surface area contributed by atoms with Gasteiger partial charge in [0.05, 0.1) is 10.6 Å². The molecule has 3 rings (SSSR count). The molecule has 0 spiro atoms. The largest absolute Gasteiger partial charge is 0.326 e. The molecule has 2 amide bonds. The molecule has 0 unspecified atom stereocenters. The Kier molecular flexibility index (Phi) is 6.37. The van der Waals surface area contributed by atoms with E-state index in [1.165, 1.54) is 5.56 Å². The van der Waals surface area contributed by atoms with Gasteiger partial charge in [-0.2, -0.15) is 0 Å². The molecule has 0 heterocycles. The minimum Gasteiger partial charge on any atom is -0.326 e. The maximum absolute atomic E-state index is 12.6. The molecule has 7 heteroatoms. The molecule has 0 radical (unpaired) electrons. The Labute approximate surface area is 171 Å². The van der Waals surface area contributed by atoms with E-state index in [1.54, 1.807) is 50.2 Å². The predicted octanol–water partition coefficient (Wildman–Crippen LogP) is 3.57. The second kappa shape index (κ2) is 8.78. The highest BCUT2D eigenvalue weighted by molar-refractivity contribution is 7.91. The van der Waals surface area contributed by atoms with Gasteiger partial charge in [-0.05, 0) is 66.8 Å². The molecule has 2 aromatic rings. The lowest BCUT2D eigenvalue weighted by atomic mass is 10.1. The summed E-state index contributed by atoms with van der Waals surface area (Å²) in [4.78, 5) is 24.2. The zero-order valence-corrected chi connectivity index (χ0v) is 17.5. The number of fused-ring (bicyclic) bond motifs is 1. The molecule has 2 aromatic carbocycles. The van der Waals surface area contributed by atoms with Crippen LogP contribution in [0.1, 0.15) is 37.8 Å². The fourth-order valence-electron chi connectivity index (χ4n) is 3.23. The summed E-state index contributed by atoms with van der Waals surface area (Å²) in [6.45, 7) is 3.61. The van der Waals surface area contributed by atoms with Crippen LogP contribution in [0.25, 0.3) is 0 Å². The van der Waals surface area contributed by atoms with Crippen LogP contribution in [0, 0.1) is 5.92 Å². The van der Waals surface area contributed by atoms with Crippen LogP contribution in [0.3, 0.4) is 0 Å². The Morgan fingerprint density at radius 2 is 1.55 bits per heavy atom. The van der Waals surface area contributed by atoms with Gasteiger partial charge in [0.1, 0.15) is 0 Å². The lowest BCUT2D eigenvalue weighted by Gasteiger charge is -2.10. The standard InChI is InChI=1S/C22H26N2O4S/c1-15(2)22(26)24-19-9-7-18(8-10-19)23-21(25)12-13-29(27,28)20-11-6-16-4-3-5-17(16)14-20/h6-11,14-15H,3-5,12-13H2,1-2H3,(H,23,25)(H,24,26). The van der Waals surface area contributed by atoms with E-state index in [9.17, 15) is 18.0 Å². The fourth-order valence-corrected chi connectivity index (χ4v) is 4.52. The number of carbonyl (C=O) groups excluding carboxylic acids is 2. The van der Waals surface area contributed by atoms with Crippen LogP contribution in [-0.4, -0.2) is 26.0 Å². The molecule has 0 aromatic heterocycles. The number of rotatable bonds is 7. The Morgan fingerprint density at radius 1 is 0.931 bits per heavy atom. The summed E-state index contributed by atoms with van der Waals surface area (Å²) in [5.41, 5.74) is 3.50. The molecule has 2 N–H and O–H groups in total. The average molecular weight is 415 g/mol. The highest BCUT2D eigenvalue weighted by atomic mass is 32.2. The SMILES string of the molecule is CC(C)C(=O)Nc1ccc(NC(=O)CCS(=O)(=O)c2ccc3c(c2)CCC3)cc1. The molecule has 0 aliphatic heterocycles. The first-order valence-corrected chi connectivity index (χ1v) is 11.5. The van der Waals surface area contributed by atoms with E-state index in [4.69, 9.17) is 0 Å². The van der Waals surface area contributed by atoms with Gasteiger partial charge in [0.25, 0.3) is 0 Å².